The van der Waals surface area contributed by atoms with E-state index in [1.165, 1.54) is 0 Å². The topological polar surface area (TPSA) is 72.2 Å². The first-order valence-electron chi connectivity index (χ1n) is 2.74. The van der Waals surface area contributed by atoms with Crippen LogP contribution in [0.15, 0.2) is 0 Å². The van der Waals surface area contributed by atoms with E-state index in [4.69, 9.17) is 8.42 Å². The summed E-state index contributed by atoms with van der Waals surface area (Å²) < 4.78 is 17.6. The highest BCUT2D eigenvalue weighted by atomic mass is 32.2. The summed E-state index contributed by atoms with van der Waals surface area (Å²) in [6.07, 6.45) is 0. The Morgan fingerprint density at radius 2 is 1.56 bits per heavy atom. The normalized spacial score (nSPS) is 8.44. The maximum Gasteiger partial charge on any atom is 0.198 e. The fraction of sp³-hybridized carbons (Fsp3) is 1.00. The van der Waals surface area contributed by atoms with E-state index in [0.29, 0.717) is 0 Å². The molecule has 3 N–H and O–H groups in total. The Morgan fingerprint density at radius 1 is 1.33 bits per heavy atom. The van der Waals surface area contributed by atoms with Gasteiger partial charge in [-0.25, -0.2) is 13.6 Å². The lowest BCUT2D eigenvalue weighted by Gasteiger charge is -1.86. The second kappa shape index (κ2) is 10.8. The van der Waals surface area contributed by atoms with Gasteiger partial charge in [-0.15, -0.1) is 0 Å². The highest BCUT2D eigenvalue weighted by Gasteiger charge is 1.62. The fourth-order valence-corrected chi connectivity index (χ4v) is 0.250. The van der Waals surface area contributed by atoms with E-state index in [2.05, 4.69) is 24.3 Å². The van der Waals surface area contributed by atoms with E-state index >= 15 is 0 Å². The molecule has 0 bridgehead atoms. The minimum atomic E-state index is -2.62. The van der Waals surface area contributed by atoms with Crippen LogP contribution >= 0.6 is 0 Å². The Hall–Kier alpha value is -0.130. The Morgan fingerprint density at radius 3 is 1.56 bits per heavy atom. The highest BCUT2D eigenvalue weighted by Crippen LogP contribution is 1.47. The van der Waals surface area contributed by atoms with E-state index in [9.17, 15) is 0 Å². The number of nitrogens with two attached hydrogens (primary N) is 1. The third kappa shape index (κ3) is 77.5. The molecule has 0 unspecified atom stereocenters. The first-order chi connectivity index (χ1) is 4.15. The average Bonchev–Trinajstić information content (AvgIpc) is 1.66. The molecule has 0 aromatic rings. The predicted molar refractivity (Wildman–Crippen MR) is 38.7 cm³/mol. The molecule has 5 heteroatoms. The molecule has 0 fully saturated rings. The third-order valence-electron chi connectivity index (χ3n) is 0.500. The first-order valence-corrected chi connectivity index (χ1v) is 3.99. The van der Waals surface area contributed by atoms with Gasteiger partial charge in [-0.3, -0.25) is 0 Å². The van der Waals surface area contributed by atoms with Crippen LogP contribution in [0.3, 0.4) is 0 Å². The smallest absolute Gasteiger partial charge is 0.198 e. The molecule has 0 aliphatic carbocycles. The molecule has 0 aromatic carbocycles. The van der Waals surface area contributed by atoms with Crippen LogP contribution in [-0.2, 0) is 10.9 Å². The minimum Gasteiger partial charge on any atom is -0.317 e. The molecule has 0 heterocycles. The molecule has 0 aliphatic heterocycles. The second-order valence-electron chi connectivity index (χ2n) is 1.24. The van der Waals surface area contributed by atoms with Crippen molar-refractivity contribution in [1.82, 2.24) is 5.32 Å². The molecule has 0 saturated carbocycles. The Bertz CT molecular complexity index is 92.7. The van der Waals surface area contributed by atoms with Crippen LogP contribution in [0, 0.1) is 0 Å². The SMILES string of the molecule is CCNCC.N[SH](=O)=O. The first kappa shape index (κ1) is 11.6. The van der Waals surface area contributed by atoms with Gasteiger partial charge >= 0.3 is 0 Å². The lowest BCUT2D eigenvalue weighted by molar-refractivity contribution is 0.616. The summed E-state index contributed by atoms with van der Waals surface area (Å²) >= 11 is 0. The number of thiol groups is 1. The molecular formula is C4H14N2O2S. The van der Waals surface area contributed by atoms with Crippen LogP contribution in [-0.4, -0.2) is 21.5 Å². The molecule has 0 atom stereocenters. The summed E-state index contributed by atoms with van der Waals surface area (Å²) in [6.45, 7) is 6.39. The van der Waals surface area contributed by atoms with Crippen molar-refractivity contribution >= 4 is 10.9 Å². The van der Waals surface area contributed by atoms with Crippen molar-refractivity contribution in [2.24, 2.45) is 5.14 Å². The molecule has 0 amide bonds. The zero-order valence-corrected chi connectivity index (χ0v) is 6.65. The summed E-state index contributed by atoms with van der Waals surface area (Å²) in [4.78, 5) is 0. The number of nitrogens with one attached hydrogen (secondary N) is 1. The molecule has 0 aliphatic rings. The van der Waals surface area contributed by atoms with Crippen molar-refractivity contribution in [2.45, 2.75) is 13.8 Å². The minimum absolute atomic E-state index is 1.09. The zero-order valence-electron chi connectivity index (χ0n) is 5.76. The third-order valence-corrected chi connectivity index (χ3v) is 0.500. The van der Waals surface area contributed by atoms with Crippen molar-refractivity contribution in [3.8, 4) is 0 Å². The monoisotopic (exact) mass is 154 g/mol. The molecule has 4 nitrogen and oxygen atoms in total. The number of rotatable bonds is 2. The van der Waals surface area contributed by atoms with E-state index in [-0.39, 0.29) is 0 Å². The van der Waals surface area contributed by atoms with Crippen molar-refractivity contribution in [3.05, 3.63) is 0 Å². The Balaban J connectivity index is 0. The van der Waals surface area contributed by atoms with Gasteiger partial charge in [0.05, 0.1) is 0 Å². The molecule has 0 radical (unpaired) electrons. The van der Waals surface area contributed by atoms with Gasteiger partial charge in [0.2, 0.25) is 0 Å². The van der Waals surface area contributed by atoms with E-state index in [1.807, 2.05) is 0 Å². The van der Waals surface area contributed by atoms with Crippen molar-refractivity contribution in [3.63, 3.8) is 0 Å². The van der Waals surface area contributed by atoms with E-state index in [1.54, 1.807) is 0 Å². The van der Waals surface area contributed by atoms with Crippen LogP contribution in [0.2, 0.25) is 0 Å². The van der Waals surface area contributed by atoms with E-state index in [0.717, 1.165) is 13.1 Å². The number of hydrogen-bond donors (Lipinski definition) is 3. The quantitative estimate of drug-likeness (QED) is 0.451. The summed E-state index contributed by atoms with van der Waals surface area (Å²) in [7, 11) is -2.62. The maximum absolute atomic E-state index is 8.81. The lowest BCUT2D eigenvalue weighted by Crippen LogP contribution is -2.09. The van der Waals surface area contributed by atoms with Crippen LogP contribution in [0.25, 0.3) is 0 Å². The maximum atomic E-state index is 8.81. The Kier molecular flexibility index (Phi) is 13.9. The van der Waals surface area contributed by atoms with Gasteiger partial charge in [0.15, 0.2) is 10.9 Å². The molecule has 9 heavy (non-hydrogen) atoms. The van der Waals surface area contributed by atoms with Gasteiger partial charge in [-0.05, 0) is 13.1 Å². The van der Waals surface area contributed by atoms with Crippen LogP contribution < -0.4 is 10.5 Å². The summed E-state index contributed by atoms with van der Waals surface area (Å²) in [5, 5.41) is 7.18. The second-order valence-corrected chi connectivity index (χ2v) is 1.81. The zero-order chi connectivity index (χ0) is 7.70. The van der Waals surface area contributed by atoms with Gasteiger partial charge in [0, 0.05) is 0 Å². The van der Waals surface area contributed by atoms with Gasteiger partial charge in [0.25, 0.3) is 0 Å². The molecule has 0 rings (SSSR count). The lowest BCUT2D eigenvalue weighted by atomic mass is 10.7. The molecule has 0 spiro atoms. The molecule has 0 saturated heterocycles. The van der Waals surface area contributed by atoms with Crippen molar-refractivity contribution < 1.29 is 8.42 Å². The van der Waals surface area contributed by atoms with Gasteiger partial charge in [-0.1, -0.05) is 13.8 Å². The summed E-state index contributed by atoms with van der Waals surface area (Å²) in [5.41, 5.74) is 0. The summed E-state index contributed by atoms with van der Waals surface area (Å²) in [5.74, 6) is 0. The largest absolute Gasteiger partial charge is 0.317 e. The average molecular weight is 154 g/mol. The van der Waals surface area contributed by atoms with Crippen LogP contribution in [0.5, 0.6) is 0 Å². The highest BCUT2D eigenvalue weighted by molar-refractivity contribution is 7.69. The Labute approximate surface area is 57.5 Å². The fourth-order valence-electron chi connectivity index (χ4n) is 0.250. The van der Waals surface area contributed by atoms with Crippen LogP contribution in [0.4, 0.5) is 0 Å². The van der Waals surface area contributed by atoms with Gasteiger partial charge in [-0.2, -0.15) is 0 Å². The van der Waals surface area contributed by atoms with Crippen LogP contribution in [0.1, 0.15) is 13.8 Å². The standard InChI is InChI=1S/C4H11N.H3NO2S/c1-3-5-4-2;1-4(2)3/h5H,3-4H2,1-2H3;4H,(H2,1,2,3). The number of hydrogen-bond acceptors (Lipinski definition) is 3. The molecular weight excluding hydrogens is 140 g/mol. The van der Waals surface area contributed by atoms with Gasteiger partial charge < -0.3 is 5.32 Å². The molecule has 0 aromatic heterocycles. The predicted octanol–water partition coefficient (Wildman–Crippen LogP) is -0.913. The van der Waals surface area contributed by atoms with E-state index < -0.39 is 10.9 Å². The molecule has 58 valence electrons. The van der Waals surface area contributed by atoms with Gasteiger partial charge in [0.1, 0.15) is 0 Å². The van der Waals surface area contributed by atoms with Crippen molar-refractivity contribution in [2.75, 3.05) is 13.1 Å². The van der Waals surface area contributed by atoms with Crippen molar-refractivity contribution in [1.29, 1.82) is 0 Å². The summed E-state index contributed by atoms with van der Waals surface area (Å²) in [6, 6.07) is 0.